The highest BCUT2D eigenvalue weighted by Crippen LogP contribution is 2.37. The van der Waals surface area contributed by atoms with E-state index < -0.39 is 17.3 Å². The van der Waals surface area contributed by atoms with Crippen LogP contribution in [-0.2, 0) is 11.7 Å². The molecular formula is C16H14F3N5O. The third-order valence-corrected chi connectivity index (χ3v) is 4.36. The van der Waals surface area contributed by atoms with E-state index in [0.717, 1.165) is 31.4 Å². The van der Waals surface area contributed by atoms with Gasteiger partial charge in [-0.3, -0.25) is 0 Å². The molecule has 0 bridgehead atoms. The Labute approximate surface area is 140 Å². The van der Waals surface area contributed by atoms with Crippen LogP contribution >= 0.6 is 0 Å². The molecule has 4 rings (SSSR count). The lowest BCUT2D eigenvalue weighted by Crippen LogP contribution is -2.44. The summed E-state index contributed by atoms with van der Waals surface area (Å²) in [5, 5.41) is 8.13. The van der Waals surface area contributed by atoms with E-state index in [1.165, 1.54) is 23.0 Å². The molecule has 0 atom stereocenters. The van der Waals surface area contributed by atoms with Crippen molar-refractivity contribution in [2.24, 2.45) is 5.73 Å². The van der Waals surface area contributed by atoms with E-state index in [1.54, 1.807) is 6.07 Å². The number of halogens is 3. The highest BCUT2D eigenvalue weighted by Gasteiger charge is 2.39. The van der Waals surface area contributed by atoms with Crippen LogP contribution in [0.2, 0.25) is 0 Å². The molecule has 2 N–H and O–H groups in total. The van der Waals surface area contributed by atoms with Crippen LogP contribution in [-0.4, -0.2) is 19.9 Å². The monoisotopic (exact) mass is 349 g/mol. The predicted molar refractivity (Wildman–Crippen MR) is 81.6 cm³/mol. The summed E-state index contributed by atoms with van der Waals surface area (Å²) in [6, 6.07) is 6.51. The standard InChI is InChI=1S/C16H14F3N5O/c17-16(18,19)10-3-1-4-11(9-10)24-8-5-12(22-24)13-21-14(23-25-13)15(20)6-2-7-15/h1,3-5,8-9H,2,6-7,20H2. The summed E-state index contributed by atoms with van der Waals surface area (Å²) in [6.07, 6.45) is -0.262. The molecule has 1 aromatic carbocycles. The zero-order valence-corrected chi connectivity index (χ0v) is 13.0. The van der Waals surface area contributed by atoms with Crippen LogP contribution in [0.3, 0.4) is 0 Å². The van der Waals surface area contributed by atoms with Crippen molar-refractivity contribution in [3.63, 3.8) is 0 Å². The second-order valence-electron chi connectivity index (χ2n) is 6.13. The van der Waals surface area contributed by atoms with Crippen molar-refractivity contribution in [3.05, 3.63) is 47.9 Å². The van der Waals surface area contributed by atoms with Gasteiger partial charge in [0.15, 0.2) is 11.5 Å². The number of aromatic nitrogens is 4. The van der Waals surface area contributed by atoms with Crippen molar-refractivity contribution in [2.45, 2.75) is 31.0 Å². The third-order valence-electron chi connectivity index (χ3n) is 4.36. The molecule has 3 aromatic rings. The Morgan fingerprint density at radius 2 is 2.00 bits per heavy atom. The Morgan fingerprint density at radius 1 is 1.20 bits per heavy atom. The summed E-state index contributed by atoms with van der Waals surface area (Å²) >= 11 is 0. The van der Waals surface area contributed by atoms with Gasteiger partial charge < -0.3 is 10.3 Å². The highest BCUT2D eigenvalue weighted by atomic mass is 19.4. The van der Waals surface area contributed by atoms with Gasteiger partial charge >= 0.3 is 6.18 Å². The predicted octanol–water partition coefficient (Wildman–Crippen LogP) is 3.28. The van der Waals surface area contributed by atoms with Crippen LogP contribution in [0, 0.1) is 0 Å². The first-order valence-corrected chi connectivity index (χ1v) is 7.72. The molecule has 0 amide bonds. The SMILES string of the molecule is NC1(c2noc(-c3ccn(-c4cccc(C(F)(F)F)c4)n3)n2)CCC1. The van der Waals surface area contributed by atoms with E-state index in [-0.39, 0.29) is 11.6 Å². The van der Waals surface area contributed by atoms with Gasteiger partial charge in [0.05, 0.1) is 16.8 Å². The number of alkyl halides is 3. The van der Waals surface area contributed by atoms with Gasteiger partial charge in [-0.15, -0.1) is 0 Å². The fourth-order valence-corrected chi connectivity index (χ4v) is 2.72. The van der Waals surface area contributed by atoms with Gasteiger partial charge in [-0.05, 0) is 43.5 Å². The summed E-state index contributed by atoms with van der Waals surface area (Å²) < 4.78 is 45.0. The van der Waals surface area contributed by atoms with Gasteiger partial charge in [-0.2, -0.15) is 23.3 Å². The van der Waals surface area contributed by atoms with Gasteiger partial charge in [0.2, 0.25) is 0 Å². The first-order chi connectivity index (χ1) is 11.9. The molecule has 0 saturated heterocycles. The second-order valence-corrected chi connectivity index (χ2v) is 6.13. The van der Waals surface area contributed by atoms with Gasteiger partial charge in [0.1, 0.15) is 0 Å². The summed E-state index contributed by atoms with van der Waals surface area (Å²) in [5.41, 5.74) is 5.52. The summed E-state index contributed by atoms with van der Waals surface area (Å²) in [4.78, 5) is 4.28. The van der Waals surface area contributed by atoms with Crippen LogP contribution in [0.4, 0.5) is 13.2 Å². The minimum atomic E-state index is -4.41. The van der Waals surface area contributed by atoms with Crippen LogP contribution < -0.4 is 5.73 Å². The Kier molecular flexibility index (Phi) is 3.43. The summed E-state index contributed by atoms with van der Waals surface area (Å²) in [5.74, 6) is 0.625. The zero-order valence-electron chi connectivity index (χ0n) is 13.0. The third kappa shape index (κ3) is 2.80. The lowest BCUT2D eigenvalue weighted by molar-refractivity contribution is -0.137. The van der Waals surface area contributed by atoms with Crippen molar-refractivity contribution in [3.8, 4) is 17.3 Å². The van der Waals surface area contributed by atoms with Gasteiger partial charge in [-0.1, -0.05) is 11.2 Å². The highest BCUT2D eigenvalue weighted by molar-refractivity contribution is 5.47. The maximum Gasteiger partial charge on any atom is 0.416 e. The van der Waals surface area contributed by atoms with Crippen LogP contribution in [0.25, 0.3) is 17.3 Å². The zero-order chi connectivity index (χ0) is 17.7. The topological polar surface area (TPSA) is 82.8 Å². The van der Waals surface area contributed by atoms with Crippen molar-refractivity contribution in [2.75, 3.05) is 0 Å². The quantitative estimate of drug-likeness (QED) is 0.785. The molecule has 1 fully saturated rings. The van der Waals surface area contributed by atoms with Crippen LogP contribution in [0.1, 0.15) is 30.7 Å². The normalized spacial score (nSPS) is 16.6. The Bertz CT molecular complexity index is 910. The van der Waals surface area contributed by atoms with Crippen LogP contribution in [0.5, 0.6) is 0 Å². The number of nitrogens with zero attached hydrogens (tertiary/aromatic N) is 4. The minimum absolute atomic E-state index is 0.192. The van der Waals surface area contributed by atoms with Crippen molar-refractivity contribution < 1.29 is 17.7 Å². The van der Waals surface area contributed by atoms with E-state index in [0.29, 0.717) is 11.5 Å². The second kappa shape index (κ2) is 5.41. The molecule has 25 heavy (non-hydrogen) atoms. The molecular weight excluding hydrogens is 335 g/mol. The van der Waals surface area contributed by atoms with E-state index in [9.17, 15) is 13.2 Å². The number of rotatable bonds is 3. The number of nitrogens with two attached hydrogens (primary N) is 1. The fraction of sp³-hybridized carbons (Fsp3) is 0.312. The summed E-state index contributed by atoms with van der Waals surface area (Å²) in [7, 11) is 0. The molecule has 1 aliphatic rings. The number of hydrogen-bond acceptors (Lipinski definition) is 5. The van der Waals surface area contributed by atoms with Gasteiger partial charge in [-0.25, -0.2) is 4.68 Å². The molecule has 1 aliphatic carbocycles. The lowest BCUT2D eigenvalue weighted by Gasteiger charge is -2.34. The maximum absolute atomic E-state index is 12.8. The summed E-state index contributed by atoms with van der Waals surface area (Å²) in [6.45, 7) is 0. The van der Waals surface area contributed by atoms with E-state index in [1.807, 2.05) is 0 Å². The average molecular weight is 349 g/mol. The first-order valence-electron chi connectivity index (χ1n) is 7.72. The minimum Gasteiger partial charge on any atom is -0.332 e. The number of benzene rings is 1. The smallest absolute Gasteiger partial charge is 0.332 e. The Morgan fingerprint density at radius 3 is 2.68 bits per heavy atom. The van der Waals surface area contributed by atoms with Gasteiger partial charge in [0, 0.05) is 6.20 Å². The van der Waals surface area contributed by atoms with E-state index >= 15 is 0 Å². The fourth-order valence-electron chi connectivity index (χ4n) is 2.72. The largest absolute Gasteiger partial charge is 0.416 e. The molecule has 0 radical (unpaired) electrons. The first kappa shape index (κ1) is 15.8. The van der Waals surface area contributed by atoms with Gasteiger partial charge in [0.25, 0.3) is 5.89 Å². The Hall–Kier alpha value is -2.68. The maximum atomic E-state index is 12.8. The molecule has 0 spiro atoms. The molecule has 2 aromatic heterocycles. The van der Waals surface area contributed by atoms with E-state index in [4.69, 9.17) is 10.3 Å². The van der Waals surface area contributed by atoms with Crippen molar-refractivity contribution in [1.82, 2.24) is 19.9 Å². The Balaban J connectivity index is 1.63. The molecule has 6 nitrogen and oxygen atoms in total. The van der Waals surface area contributed by atoms with Crippen molar-refractivity contribution in [1.29, 1.82) is 0 Å². The molecule has 9 heteroatoms. The van der Waals surface area contributed by atoms with Crippen molar-refractivity contribution >= 4 is 0 Å². The molecule has 0 aliphatic heterocycles. The molecule has 130 valence electrons. The molecule has 1 saturated carbocycles. The lowest BCUT2D eigenvalue weighted by atomic mass is 9.77. The van der Waals surface area contributed by atoms with E-state index in [2.05, 4.69) is 15.2 Å². The molecule has 2 heterocycles. The van der Waals surface area contributed by atoms with Crippen LogP contribution in [0.15, 0.2) is 41.1 Å². The average Bonchev–Trinajstić information content (AvgIpc) is 3.21. The number of hydrogen-bond donors (Lipinski definition) is 1. The molecule has 0 unspecified atom stereocenters.